The number of hydrogen-bond donors (Lipinski definition) is 2. The molecule has 1 aromatic heterocycles. The lowest BCUT2D eigenvalue weighted by molar-refractivity contribution is 0.0977. The number of nitrogens with one attached hydrogen (secondary N) is 2. The first-order chi connectivity index (χ1) is 14.5. The van der Waals surface area contributed by atoms with Crippen molar-refractivity contribution in [2.24, 2.45) is 0 Å². The van der Waals surface area contributed by atoms with Crippen molar-refractivity contribution in [3.05, 3.63) is 83.4 Å². The molecule has 0 aliphatic carbocycles. The molecular formula is C24H21N3O2S. The van der Waals surface area contributed by atoms with Gasteiger partial charge in [-0.15, -0.1) is 0 Å². The van der Waals surface area contributed by atoms with E-state index in [1.807, 2.05) is 61.5 Å². The quantitative estimate of drug-likeness (QED) is 0.431. The number of hydrogen-bond acceptors (Lipinski definition) is 4. The predicted octanol–water partition coefficient (Wildman–Crippen LogP) is 5.49. The molecule has 0 saturated heterocycles. The van der Waals surface area contributed by atoms with Gasteiger partial charge in [-0.3, -0.25) is 10.1 Å². The number of benzene rings is 3. The summed E-state index contributed by atoms with van der Waals surface area (Å²) in [6.07, 6.45) is 0.928. The SMILES string of the molecule is CCc1ccc(C(=O)NC(=S)Nc2cccc(-c3nc4ccc(C)cc4o3)c2)cc1. The highest BCUT2D eigenvalue weighted by Crippen LogP contribution is 2.26. The van der Waals surface area contributed by atoms with Gasteiger partial charge < -0.3 is 9.73 Å². The van der Waals surface area contributed by atoms with E-state index in [1.165, 1.54) is 5.56 Å². The molecule has 6 heteroatoms. The van der Waals surface area contributed by atoms with Crippen LogP contribution in [0, 0.1) is 6.92 Å². The van der Waals surface area contributed by atoms with Crippen molar-refractivity contribution in [2.75, 3.05) is 5.32 Å². The summed E-state index contributed by atoms with van der Waals surface area (Å²) in [6, 6.07) is 20.9. The Labute approximate surface area is 180 Å². The third-order valence-electron chi connectivity index (χ3n) is 4.76. The highest BCUT2D eigenvalue weighted by Gasteiger charge is 2.11. The van der Waals surface area contributed by atoms with Crippen LogP contribution >= 0.6 is 12.2 Å². The van der Waals surface area contributed by atoms with Gasteiger partial charge in [0, 0.05) is 16.8 Å². The number of fused-ring (bicyclic) bond motifs is 1. The van der Waals surface area contributed by atoms with Crippen molar-refractivity contribution >= 4 is 40.0 Å². The van der Waals surface area contributed by atoms with E-state index in [2.05, 4.69) is 22.5 Å². The summed E-state index contributed by atoms with van der Waals surface area (Å²) in [5.74, 6) is 0.283. The van der Waals surface area contributed by atoms with Gasteiger partial charge in [0.25, 0.3) is 5.91 Å². The third kappa shape index (κ3) is 4.39. The number of aryl methyl sites for hydroxylation is 2. The molecule has 0 spiro atoms. The summed E-state index contributed by atoms with van der Waals surface area (Å²) in [5.41, 5.74) is 5.97. The molecule has 4 aromatic rings. The van der Waals surface area contributed by atoms with Crippen molar-refractivity contribution in [3.8, 4) is 11.5 Å². The second kappa shape index (κ2) is 8.47. The second-order valence-electron chi connectivity index (χ2n) is 7.03. The molecule has 0 saturated carbocycles. The van der Waals surface area contributed by atoms with Crippen molar-refractivity contribution in [3.63, 3.8) is 0 Å². The summed E-state index contributed by atoms with van der Waals surface area (Å²) < 4.78 is 5.89. The fraction of sp³-hybridized carbons (Fsp3) is 0.125. The van der Waals surface area contributed by atoms with Crippen LogP contribution in [0.3, 0.4) is 0 Å². The molecule has 2 N–H and O–H groups in total. The maximum atomic E-state index is 12.4. The Morgan fingerprint density at radius 3 is 2.63 bits per heavy atom. The Kier molecular flexibility index (Phi) is 5.59. The van der Waals surface area contributed by atoms with E-state index in [-0.39, 0.29) is 11.0 Å². The zero-order chi connectivity index (χ0) is 21.1. The molecule has 1 amide bonds. The minimum atomic E-state index is -0.249. The predicted molar refractivity (Wildman–Crippen MR) is 124 cm³/mol. The van der Waals surface area contributed by atoms with E-state index in [1.54, 1.807) is 12.1 Å². The molecule has 30 heavy (non-hydrogen) atoms. The molecule has 3 aromatic carbocycles. The lowest BCUT2D eigenvalue weighted by atomic mass is 10.1. The first-order valence-electron chi connectivity index (χ1n) is 9.71. The van der Waals surface area contributed by atoms with E-state index in [9.17, 15) is 4.79 Å². The lowest BCUT2D eigenvalue weighted by Gasteiger charge is -2.10. The van der Waals surface area contributed by atoms with Gasteiger partial charge in [-0.1, -0.05) is 31.2 Å². The number of aromatic nitrogens is 1. The summed E-state index contributed by atoms with van der Waals surface area (Å²) >= 11 is 5.31. The fourth-order valence-corrected chi connectivity index (χ4v) is 3.33. The third-order valence-corrected chi connectivity index (χ3v) is 4.97. The van der Waals surface area contributed by atoms with Crippen LogP contribution in [0.1, 0.15) is 28.4 Å². The number of nitrogens with zero attached hydrogens (tertiary/aromatic N) is 1. The second-order valence-corrected chi connectivity index (χ2v) is 7.44. The van der Waals surface area contributed by atoms with Gasteiger partial charge in [-0.2, -0.15) is 0 Å². The standard InChI is InChI=1S/C24H21N3O2S/c1-3-16-8-10-17(11-9-16)22(28)27-24(30)25-19-6-4-5-18(14-19)23-26-20-12-7-15(2)13-21(20)29-23/h4-14H,3H2,1-2H3,(H2,25,27,28,30). The highest BCUT2D eigenvalue weighted by atomic mass is 32.1. The van der Waals surface area contributed by atoms with Crippen LogP contribution in [0.25, 0.3) is 22.6 Å². The number of oxazole rings is 1. The first-order valence-corrected chi connectivity index (χ1v) is 10.1. The molecule has 0 aliphatic heterocycles. The van der Waals surface area contributed by atoms with Crippen molar-refractivity contribution in [1.29, 1.82) is 0 Å². The van der Waals surface area contributed by atoms with Gasteiger partial charge >= 0.3 is 0 Å². The summed E-state index contributed by atoms with van der Waals surface area (Å²) in [4.78, 5) is 16.9. The summed E-state index contributed by atoms with van der Waals surface area (Å²) in [6.45, 7) is 4.09. The largest absolute Gasteiger partial charge is 0.436 e. The zero-order valence-electron chi connectivity index (χ0n) is 16.7. The van der Waals surface area contributed by atoms with Crippen LogP contribution in [0.4, 0.5) is 5.69 Å². The number of amides is 1. The Morgan fingerprint density at radius 1 is 1.07 bits per heavy atom. The fourth-order valence-electron chi connectivity index (χ4n) is 3.11. The monoisotopic (exact) mass is 415 g/mol. The molecule has 0 unspecified atom stereocenters. The average molecular weight is 416 g/mol. The van der Waals surface area contributed by atoms with Gasteiger partial charge in [0.15, 0.2) is 10.7 Å². The van der Waals surface area contributed by atoms with E-state index < -0.39 is 0 Å². The maximum absolute atomic E-state index is 12.4. The Morgan fingerprint density at radius 2 is 1.87 bits per heavy atom. The molecule has 4 rings (SSSR count). The minimum Gasteiger partial charge on any atom is -0.436 e. The smallest absolute Gasteiger partial charge is 0.257 e. The summed E-state index contributed by atoms with van der Waals surface area (Å²) in [5, 5.41) is 5.99. The lowest BCUT2D eigenvalue weighted by Crippen LogP contribution is -2.34. The Hall–Kier alpha value is -3.51. The highest BCUT2D eigenvalue weighted by molar-refractivity contribution is 7.80. The van der Waals surface area contributed by atoms with Crippen molar-refractivity contribution in [2.45, 2.75) is 20.3 Å². The Balaban J connectivity index is 1.46. The molecular weight excluding hydrogens is 394 g/mol. The van der Waals surface area contributed by atoms with E-state index in [4.69, 9.17) is 16.6 Å². The van der Waals surface area contributed by atoms with Crippen LogP contribution in [-0.4, -0.2) is 16.0 Å². The van der Waals surface area contributed by atoms with E-state index in [0.29, 0.717) is 11.5 Å². The van der Waals surface area contributed by atoms with Gasteiger partial charge in [0.05, 0.1) is 0 Å². The number of anilines is 1. The number of carbonyl (C=O) groups is 1. The van der Waals surface area contributed by atoms with Gasteiger partial charge in [-0.25, -0.2) is 4.98 Å². The van der Waals surface area contributed by atoms with Gasteiger partial charge in [-0.05, 0) is 79.2 Å². The van der Waals surface area contributed by atoms with E-state index >= 15 is 0 Å². The van der Waals surface area contributed by atoms with Crippen LogP contribution in [-0.2, 0) is 6.42 Å². The molecule has 0 atom stereocenters. The number of thiocarbonyl (C=S) groups is 1. The normalized spacial score (nSPS) is 10.7. The molecule has 150 valence electrons. The molecule has 0 fully saturated rings. The molecule has 1 heterocycles. The van der Waals surface area contributed by atoms with E-state index in [0.717, 1.165) is 34.3 Å². The van der Waals surface area contributed by atoms with Gasteiger partial charge in [0.2, 0.25) is 5.89 Å². The zero-order valence-corrected chi connectivity index (χ0v) is 17.5. The van der Waals surface area contributed by atoms with Crippen molar-refractivity contribution < 1.29 is 9.21 Å². The van der Waals surface area contributed by atoms with Crippen LogP contribution in [0.15, 0.2) is 71.1 Å². The molecule has 0 radical (unpaired) electrons. The number of carbonyl (C=O) groups excluding carboxylic acids is 1. The minimum absolute atomic E-state index is 0.227. The molecule has 0 bridgehead atoms. The topological polar surface area (TPSA) is 67.2 Å². The maximum Gasteiger partial charge on any atom is 0.257 e. The van der Waals surface area contributed by atoms with Crippen LogP contribution in [0.5, 0.6) is 0 Å². The average Bonchev–Trinajstić information content (AvgIpc) is 3.17. The van der Waals surface area contributed by atoms with Gasteiger partial charge in [0.1, 0.15) is 5.52 Å². The van der Waals surface area contributed by atoms with Crippen LogP contribution in [0.2, 0.25) is 0 Å². The first kappa shape index (κ1) is 19.8. The van der Waals surface area contributed by atoms with Crippen LogP contribution < -0.4 is 10.6 Å². The Bertz CT molecular complexity index is 1230. The molecule has 0 aliphatic rings. The summed E-state index contributed by atoms with van der Waals surface area (Å²) in [7, 11) is 0. The molecule has 5 nitrogen and oxygen atoms in total. The number of rotatable bonds is 4. The van der Waals surface area contributed by atoms with Crippen molar-refractivity contribution in [1.82, 2.24) is 10.3 Å².